The van der Waals surface area contributed by atoms with E-state index >= 15 is 0 Å². The minimum Gasteiger partial charge on any atom is -0.507 e. The molecule has 4 rings (SSSR count). The summed E-state index contributed by atoms with van der Waals surface area (Å²) in [4.78, 5) is 68.2. The second kappa shape index (κ2) is 7.40. The largest absolute Gasteiger partial charge is 0.507 e. The Balaban J connectivity index is 1.78. The van der Waals surface area contributed by atoms with E-state index in [2.05, 4.69) is 5.16 Å². The molecule has 0 radical (unpaired) electrons. The average Bonchev–Trinajstić information content (AvgIpc) is 2.67. The number of primary amides is 1. The van der Waals surface area contributed by atoms with Crippen molar-refractivity contribution in [3.8, 4) is 5.75 Å². The van der Waals surface area contributed by atoms with E-state index in [-0.39, 0.29) is 17.7 Å². The number of aromatic hydroxyl groups is 1. The van der Waals surface area contributed by atoms with Crippen LogP contribution in [0.3, 0.4) is 0 Å². The Morgan fingerprint density at radius 3 is 2.42 bits per heavy atom. The number of Topliss-reactive ketones (excluding diaryl/α,β-unsaturated/α-hetero) is 4. The predicted molar refractivity (Wildman–Crippen MR) is 106 cm³/mol. The molecule has 0 aromatic heterocycles. The number of nitrogens with two attached hydrogens (primary N) is 1. The molecule has 3 aliphatic carbocycles. The zero-order valence-electron chi connectivity index (χ0n) is 17.1. The molecule has 0 bridgehead atoms. The van der Waals surface area contributed by atoms with Crippen LogP contribution < -0.4 is 5.73 Å². The number of amides is 1. The van der Waals surface area contributed by atoms with Gasteiger partial charge in [0.2, 0.25) is 5.91 Å². The summed E-state index contributed by atoms with van der Waals surface area (Å²) >= 11 is 0. The number of phenols is 1. The van der Waals surface area contributed by atoms with Crippen LogP contribution in [-0.2, 0) is 30.4 Å². The number of fused-ring (bicyclic) bond motifs is 3. The van der Waals surface area contributed by atoms with E-state index in [1.165, 1.54) is 13.2 Å². The molecule has 1 amide bonds. The first kappa shape index (κ1) is 20.9. The zero-order chi connectivity index (χ0) is 22.6. The van der Waals surface area contributed by atoms with Gasteiger partial charge in [-0.3, -0.25) is 24.0 Å². The van der Waals surface area contributed by atoms with E-state index in [0.717, 1.165) is 0 Å². The summed E-state index contributed by atoms with van der Waals surface area (Å²) in [6.45, 7) is 1.71. The van der Waals surface area contributed by atoms with Gasteiger partial charge in [-0.25, -0.2) is 0 Å². The molecule has 0 heterocycles. The Morgan fingerprint density at radius 2 is 1.77 bits per heavy atom. The first-order valence-electron chi connectivity index (χ1n) is 10.0. The van der Waals surface area contributed by atoms with Crippen LogP contribution in [0, 0.1) is 29.6 Å². The van der Waals surface area contributed by atoms with Gasteiger partial charge in [0.05, 0.1) is 23.1 Å². The predicted octanol–water partition coefficient (Wildman–Crippen LogP) is 0.582. The van der Waals surface area contributed by atoms with Gasteiger partial charge >= 0.3 is 0 Å². The lowest BCUT2D eigenvalue weighted by molar-refractivity contribution is -0.152. The first-order chi connectivity index (χ1) is 14.7. The summed E-state index contributed by atoms with van der Waals surface area (Å²) in [6, 6.07) is 3.00. The molecule has 0 spiro atoms. The maximum absolute atomic E-state index is 13.4. The summed E-state index contributed by atoms with van der Waals surface area (Å²) in [5.74, 6) is -8.78. The van der Waals surface area contributed by atoms with E-state index in [4.69, 9.17) is 10.6 Å². The second-order valence-corrected chi connectivity index (χ2v) is 8.44. The molecule has 5 unspecified atom stereocenters. The number of carbonyl (C=O) groups is 5. The molecule has 2 saturated carbocycles. The number of hydrogen-bond donors (Lipinski definition) is 2. The van der Waals surface area contributed by atoms with E-state index in [1.54, 1.807) is 13.0 Å². The normalized spacial score (nSPS) is 30.4. The number of phenolic OH excluding ortho intramolecular Hbond substituents is 1. The smallest absolute Gasteiger partial charge is 0.235 e. The van der Waals surface area contributed by atoms with Gasteiger partial charge in [-0.1, -0.05) is 5.16 Å². The van der Waals surface area contributed by atoms with E-state index < -0.39 is 58.6 Å². The third-order valence-electron chi connectivity index (χ3n) is 6.73. The molecule has 0 aliphatic heterocycles. The third-order valence-corrected chi connectivity index (χ3v) is 6.73. The average molecular weight is 426 g/mol. The number of nitrogens with zero attached hydrogens (tertiary/aromatic N) is 1. The molecule has 3 aliphatic rings. The summed E-state index contributed by atoms with van der Waals surface area (Å²) in [6.07, 6.45) is 0.518. The Bertz CT molecular complexity index is 1070. The first-order valence-corrected chi connectivity index (χ1v) is 10.0. The molecule has 1 aromatic carbocycles. The van der Waals surface area contributed by atoms with Crippen LogP contribution in [0.1, 0.15) is 41.3 Å². The number of hydrogen-bond acceptors (Lipinski definition) is 8. The van der Waals surface area contributed by atoms with E-state index in [0.29, 0.717) is 29.7 Å². The quantitative estimate of drug-likeness (QED) is 0.407. The van der Waals surface area contributed by atoms with Crippen molar-refractivity contribution in [3.05, 3.63) is 28.8 Å². The fraction of sp³-hybridized carbons (Fsp3) is 0.455. The number of ketones is 4. The van der Waals surface area contributed by atoms with Crippen LogP contribution in [0.4, 0.5) is 0 Å². The summed E-state index contributed by atoms with van der Waals surface area (Å²) < 4.78 is 0. The van der Waals surface area contributed by atoms with E-state index in [1.807, 2.05) is 0 Å². The molecule has 5 atom stereocenters. The summed E-state index contributed by atoms with van der Waals surface area (Å²) in [7, 11) is 1.40. The molecule has 1 aromatic rings. The van der Waals surface area contributed by atoms with Crippen molar-refractivity contribution in [2.24, 2.45) is 40.5 Å². The lowest BCUT2D eigenvalue weighted by Gasteiger charge is -2.44. The fourth-order valence-corrected chi connectivity index (χ4v) is 5.52. The zero-order valence-corrected chi connectivity index (χ0v) is 17.1. The van der Waals surface area contributed by atoms with Gasteiger partial charge in [0, 0.05) is 12.0 Å². The maximum Gasteiger partial charge on any atom is 0.235 e. The van der Waals surface area contributed by atoms with Crippen LogP contribution in [0.5, 0.6) is 5.75 Å². The standard InChI is InChI=1S/C22H22N2O7/c1-8(24-31-2)11-3-4-13(25)17-12(11)6-9-5-10-7-14(26)18(22(23)30)21(29)16(10)19(27)15(9)20(17)28/h3-4,9-10,15-16,18,25H,5-7H2,1-2H3,(H2,23,30). The Morgan fingerprint density at radius 1 is 1.10 bits per heavy atom. The highest BCUT2D eigenvalue weighted by atomic mass is 16.6. The molecule has 0 saturated heterocycles. The fourth-order valence-electron chi connectivity index (χ4n) is 5.52. The van der Waals surface area contributed by atoms with Gasteiger partial charge in [-0.05, 0) is 49.3 Å². The number of rotatable bonds is 3. The highest BCUT2D eigenvalue weighted by Gasteiger charge is 2.57. The summed E-state index contributed by atoms with van der Waals surface area (Å²) in [5.41, 5.74) is 6.96. The molecule has 3 N–H and O–H groups in total. The van der Waals surface area contributed by atoms with Crippen molar-refractivity contribution < 1.29 is 33.9 Å². The molecular weight excluding hydrogens is 404 g/mol. The van der Waals surface area contributed by atoms with Crippen molar-refractivity contribution in [1.29, 1.82) is 0 Å². The SMILES string of the molecule is CON=C(C)c1ccc(O)c2c1CC1CC3CC(=O)C(C(N)=O)C(=O)C3C(=O)C1C2=O. The Kier molecular flexibility index (Phi) is 4.99. The van der Waals surface area contributed by atoms with Crippen LogP contribution in [0.25, 0.3) is 0 Å². The van der Waals surface area contributed by atoms with Crippen molar-refractivity contribution in [2.45, 2.75) is 26.2 Å². The Labute approximate surface area is 177 Å². The van der Waals surface area contributed by atoms with Gasteiger partial charge < -0.3 is 15.7 Å². The monoisotopic (exact) mass is 426 g/mol. The van der Waals surface area contributed by atoms with Crippen LogP contribution in [-0.4, -0.2) is 47.0 Å². The highest BCUT2D eigenvalue weighted by Crippen LogP contribution is 2.48. The van der Waals surface area contributed by atoms with Crippen molar-refractivity contribution in [3.63, 3.8) is 0 Å². The lowest BCUT2D eigenvalue weighted by Crippen LogP contribution is -2.56. The minimum absolute atomic E-state index is 0.0435. The molecule has 9 nitrogen and oxygen atoms in total. The van der Waals surface area contributed by atoms with Gasteiger partial charge in [0.15, 0.2) is 29.1 Å². The van der Waals surface area contributed by atoms with Crippen LogP contribution in [0.2, 0.25) is 0 Å². The van der Waals surface area contributed by atoms with Crippen molar-refractivity contribution in [1.82, 2.24) is 0 Å². The molecule has 9 heteroatoms. The molecular formula is C22H22N2O7. The van der Waals surface area contributed by atoms with Crippen LogP contribution in [0.15, 0.2) is 17.3 Å². The topological polar surface area (TPSA) is 153 Å². The summed E-state index contributed by atoms with van der Waals surface area (Å²) in [5, 5.41) is 14.3. The Hall–Kier alpha value is -3.36. The third kappa shape index (κ3) is 3.07. The maximum atomic E-state index is 13.4. The van der Waals surface area contributed by atoms with Gasteiger partial charge in [-0.2, -0.15) is 0 Å². The number of oxime groups is 1. The number of carbonyl (C=O) groups excluding carboxylic acids is 5. The van der Waals surface area contributed by atoms with Gasteiger partial charge in [-0.15, -0.1) is 0 Å². The molecule has 162 valence electrons. The van der Waals surface area contributed by atoms with Gasteiger partial charge in [0.25, 0.3) is 0 Å². The van der Waals surface area contributed by atoms with Gasteiger partial charge in [0.1, 0.15) is 12.9 Å². The van der Waals surface area contributed by atoms with E-state index in [9.17, 15) is 29.1 Å². The minimum atomic E-state index is -1.64. The lowest BCUT2D eigenvalue weighted by atomic mass is 9.56. The second-order valence-electron chi connectivity index (χ2n) is 8.44. The highest BCUT2D eigenvalue weighted by molar-refractivity contribution is 6.27. The molecule has 2 fully saturated rings. The van der Waals surface area contributed by atoms with Crippen molar-refractivity contribution >= 4 is 34.8 Å². The number of benzene rings is 1. The molecule has 31 heavy (non-hydrogen) atoms. The van der Waals surface area contributed by atoms with Crippen molar-refractivity contribution in [2.75, 3.05) is 7.11 Å². The van der Waals surface area contributed by atoms with Crippen LogP contribution >= 0.6 is 0 Å².